The van der Waals surface area contributed by atoms with Gasteiger partial charge in [-0.3, -0.25) is 4.79 Å². The van der Waals surface area contributed by atoms with Crippen LogP contribution in [0.3, 0.4) is 0 Å². The summed E-state index contributed by atoms with van der Waals surface area (Å²) in [6.45, 7) is 0.717. The number of amides is 1. The van der Waals surface area contributed by atoms with Gasteiger partial charge >= 0.3 is 0 Å². The largest absolute Gasteiger partial charge is 0.398 e. The third-order valence-electron chi connectivity index (χ3n) is 2.47. The van der Waals surface area contributed by atoms with Gasteiger partial charge in [0.25, 0.3) is 5.91 Å². The number of benzene rings is 1. The lowest BCUT2D eigenvalue weighted by Crippen LogP contribution is -2.36. The Hall–Kier alpha value is -1.66. The zero-order valence-corrected chi connectivity index (χ0v) is 10.2. The summed E-state index contributed by atoms with van der Waals surface area (Å²) in [4.78, 5) is 13.5. The van der Waals surface area contributed by atoms with Crippen LogP contribution < -0.4 is 5.73 Å². The van der Waals surface area contributed by atoms with Gasteiger partial charge in [0, 0.05) is 25.9 Å². The zero-order chi connectivity index (χ0) is 13.5. The molecule has 0 bridgehead atoms. The van der Waals surface area contributed by atoms with Crippen LogP contribution >= 0.6 is 0 Å². The number of nitrogens with two attached hydrogens (primary N) is 1. The van der Waals surface area contributed by atoms with Crippen LogP contribution in [-0.4, -0.2) is 49.3 Å². The maximum Gasteiger partial charge on any atom is 0.256 e. The number of carbonyl (C=O) groups is 1. The number of aliphatic hydroxyl groups is 1. The van der Waals surface area contributed by atoms with Gasteiger partial charge in [-0.2, -0.15) is 0 Å². The van der Waals surface area contributed by atoms with Crippen LogP contribution in [0.1, 0.15) is 10.4 Å². The number of aliphatic hydroxyl groups excluding tert-OH is 1. The van der Waals surface area contributed by atoms with E-state index in [2.05, 4.69) is 0 Å². The second-order valence-corrected chi connectivity index (χ2v) is 3.74. The lowest BCUT2D eigenvalue weighted by Gasteiger charge is -2.22. The summed E-state index contributed by atoms with van der Waals surface area (Å²) in [7, 11) is 1.52. The predicted molar refractivity (Wildman–Crippen MR) is 65.7 cm³/mol. The SMILES string of the molecule is COCCN(CCO)C(=O)c1ccc(F)cc1N. The van der Waals surface area contributed by atoms with Crippen molar-refractivity contribution >= 4 is 11.6 Å². The maximum atomic E-state index is 12.9. The second kappa shape index (κ2) is 6.93. The summed E-state index contributed by atoms with van der Waals surface area (Å²) in [6, 6.07) is 3.61. The van der Waals surface area contributed by atoms with Gasteiger partial charge in [-0.05, 0) is 18.2 Å². The molecule has 1 aromatic carbocycles. The average Bonchev–Trinajstić information content (AvgIpc) is 2.33. The molecule has 0 aromatic heterocycles. The molecule has 18 heavy (non-hydrogen) atoms. The first-order valence-corrected chi connectivity index (χ1v) is 5.54. The van der Waals surface area contributed by atoms with Crippen molar-refractivity contribution < 1.29 is 19.0 Å². The fraction of sp³-hybridized carbons (Fsp3) is 0.417. The van der Waals surface area contributed by atoms with Crippen molar-refractivity contribution in [2.24, 2.45) is 0 Å². The van der Waals surface area contributed by atoms with E-state index in [9.17, 15) is 9.18 Å². The average molecular weight is 256 g/mol. The molecular weight excluding hydrogens is 239 g/mol. The van der Waals surface area contributed by atoms with E-state index in [1.54, 1.807) is 0 Å². The Bertz CT molecular complexity index is 412. The van der Waals surface area contributed by atoms with E-state index >= 15 is 0 Å². The topological polar surface area (TPSA) is 75.8 Å². The summed E-state index contributed by atoms with van der Waals surface area (Å²) in [6.07, 6.45) is 0. The molecule has 3 N–H and O–H groups in total. The fourth-order valence-corrected chi connectivity index (χ4v) is 1.54. The summed E-state index contributed by atoms with van der Waals surface area (Å²) < 4.78 is 17.8. The standard InChI is InChI=1S/C12H17FN2O3/c1-18-7-5-15(4-6-16)12(17)10-3-2-9(13)8-11(10)14/h2-3,8,16H,4-7,14H2,1H3. The Morgan fingerprint density at radius 3 is 2.78 bits per heavy atom. The van der Waals surface area contributed by atoms with Crippen LogP contribution in [0.25, 0.3) is 0 Å². The number of methoxy groups -OCH3 is 1. The number of ether oxygens (including phenoxy) is 1. The van der Waals surface area contributed by atoms with Crippen LogP contribution in [-0.2, 0) is 4.74 Å². The number of nitrogen functional groups attached to an aromatic ring is 1. The number of halogens is 1. The number of rotatable bonds is 6. The van der Waals surface area contributed by atoms with E-state index < -0.39 is 5.82 Å². The van der Waals surface area contributed by atoms with Gasteiger partial charge in [0.15, 0.2) is 0 Å². The highest BCUT2D eigenvalue weighted by atomic mass is 19.1. The molecule has 0 saturated heterocycles. The van der Waals surface area contributed by atoms with Crippen LogP contribution in [0.2, 0.25) is 0 Å². The van der Waals surface area contributed by atoms with Crippen molar-refractivity contribution in [3.8, 4) is 0 Å². The molecule has 0 atom stereocenters. The number of carbonyl (C=O) groups excluding carboxylic acids is 1. The highest BCUT2D eigenvalue weighted by molar-refractivity contribution is 5.99. The lowest BCUT2D eigenvalue weighted by atomic mass is 10.1. The fourth-order valence-electron chi connectivity index (χ4n) is 1.54. The molecule has 0 aliphatic rings. The van der Waals surface area contributed by atoms with Gasteiger partial charge in [0.1, 0.15) is 5.82 Å². The molecule has 1 rings (SSSR count). The highest BCUT2D eigenvalue weighted by Gasteiger charge is 2.17. The van der Waals surface area contributed by atoms with Crippen molar-refractivity contribution in [1.29, 1.82) is 0 Å². The first kappa shape index (κ1) is 14.4. The molecule has 0 spiro atoms. The number of hydrogen-bond acceptors (Lipinski definition) is 4. The van der Waals surface area contributed by atoms with E-state index in [1.165, 1.54) is 24.1 Å². The van der Waals surface area contributed by atoms with E-state index in [-0.39, 0.29) is 30.3 Å². The molecule has 6 heteroatoms. The second-order valence-electron chi connectivity index (χ2n) is 3.74. The number of nitrogens with zero attached hydrogens (tertiary/aromatic N) is 1. The first-order valence-electron chi connectivity index (χ1n) is 5.54. The van der Waals surface area contributed by atoms with E-state index in [4.69, 9.17) is 15.6 Å². The Kier molecular flexibility index (Phi) is 5.54. The third kappa shape index (κ3) is 3.68. The van der Waals surface area contributed by atoms with Crippen molar-refractivity contribution in [3.63, 3.8) is 0 Å². The molecule has 0 heterocycles. The molecule has 0 fully saturated rings. The van der Waals surface area contributed by atoms with Gasteiger partial charge in [-0.25, -0.2) is 4.39 Å². The number of anilines is 1. The molecule has 100 valence electrons. The van der Waals surface area contributed by atoms with Gasteiger partial charge in [0.05, 0.1) is 18.8 Å². The molecule has 0 aliphatic heterocycles. The Morgan fingerprint density at radius 2 is 2.22 bits per heavy atom. The number of hydrogen-bond donors (Lipinski definition) is 2. The monoisotopic (exact) mass is 256 g/mol. The van der Waals surface area contributed by atoms with Gasteiger partial charge in [-0.1, -0.05) is 0 Å². The van der Waals surface area contributed by atoms with Crippen LogP contribution in [0, 0.1) is 5.82 Å². The minimum absolute atomic E-state index is 0.0837. The smallest absolute Gasteiger partial charge is 0.256 e. The predicted octanol–water partition coefficient (Wildman–Crippen LogP) is 0.489. The molecule has 0 unspecified atom stereocenters. The molecule has 1 amide bonds. The van der Waals surface area contributed by atoms with Gasteiger partial charge < -0.3 is 20.5 Å². The molecule has 0 saturated carbocycles. The summed E-state index contributed by atoms with van der Waals surface area (Å²) >= 11 is 0. The third-order valence-corrected chi connectivity index (χ3v) is 2.47. The van der Waals surface area contributed by atoms with Crippen molar-refractivity contribution in [1.82, 2.24) is 4.90 Å². The zero-order valence-electron chi connectivity index (χ0n) is 10.2. The minimum Gasteiger partial charge on any atom is -0.398 e. The van der Waals surface area contributed by atoms with Crippen LogP contribution in [0.4, 0.5) is 10.1 Å². The first-order chi connectivity index (χ1) is 8.60. The van der Waals surface area contributed by atoms with Crippen LogP contribution in [0.5, 0.6) is 0 Å². The van der Waals surface area contributed by atoms with Crippen molar-refractivity contribution in [2.45, 2.75) is 0 Å². The van der Waals surface area contributed by atoms with Gasteiger partial charge in [0.2, 0.25) is 0 Å². The van der Waals surface area contributed by atoms with E-state index in [0.29, 0.717) is 13.2 Å². The maximum absolute atomic E-state index is 12.9. The van der Waals surface area contributed by atoms with Crippen molar-refractivity contribution in [2.75, 3.05) is 39.1 Å². The Labute approximate surface area is 105 Å². The Balaban J connectivity index is 2.87. The minimum atomic E-state index is -0.491. The molecule has 5 nitrogen and oxygen atoms in total. The normalized spacial score (nSPS) is 10.4. The van der Waals surface area contributed by atoms with E-state index in [1.807, 2.05) is 0 Å². The van der Waals surface area contributed by atoms with Gasteiger partial charge in [-0.15, -0.1) is 0 Å². The van der Waals surface area contributed by atoms with Crippen LogP contribution in [0.15, 0.2) is 18.2 Å². The molecule has 0 aliphatic carbocycles. The summed E-state index contributed by atoms with van der Waals surface area (Å²) in [5.41, 5.74) is 5.91. The van der Waals surface area contributed by atoms with Crippen molar-refractivity contribution in [3.05, 3.63) is 29.6 Å². The molecule has 1 aromatic rings. The molecular formula is C12H17FN2O3. The molecule has 0 radical (unpaired) electrons. The summed E-state index contributed by atoms with van der Waals surface area (Å²) in [5, 5.41) is 8.92. The summed E-state index contributed by atoms with van der Waals surface area (Å²) in [5.74, 6) is -0.840. The van der Waals surface area contributed by atoms with E-state index in [0.717, 1.165) is 6.07 Å². The highest BCUT2D eigenvalue weighted by Crippen LogP contribution is 2.15. The quantitative estimate of drug-likeness (QED) is 0.726. The Morgan fingerprint density at radius 1 is 1.50 bits per heavy atom. The lowest BCUT2D eigenvalue weighted by molar-refractivity contribution is 0.0657.